The van der Waals surface area contributed by atoms with Gasteiger partial charge in [-0.15, -0.1) is 0 Å². The molecule has 2 rings (SSSR count). The molecule has 0 spiro atoms. The van der Waals surface area contributed by atoms with Crippen LogP contribution >= 0.6 is 0 Å². The SMILES string of the molecule is CC(NC(=O)c1ccoc1)C(=O)Nc1ccccc1O. The second-order valence-electron chi connectivity index (χ2n) is 4.21. The highest BCUT2D eigenvalue weighted by Crippen LogP contribution is 2.21. The molecule has 1 aromatic heterocycles. The molecule has 0 aliphatic rings. The Morgan fingerprint density at radius 3 is 2.65 bits per heavy atom. The van der Waals surface area contributed by atoms with Gasteiger partial charge in [0.2, 0.25) is 5.91 Å². The Morgan fingerprint density at radius 1 is 1.25 bits per heavy atom. The number of benzene rings is 1. The first-order chi connectivity index (χ1) is 9.58. The average Bonchev–Trinajstić information content (AvgIpc) is 2.95. The molecule has 2 amide bonds. The quantitative estimate of drug-likeness (QED) is 0.740. The molecule has 0 aliphatic heterocycles. The van der Waals surface area contributed by atoms with Crippen molar-refractivity contribution >= 4 is 17.5 Å². The number of phenols is 1. The van der Waals surface area contributed by atoms with Crippen molar-refractivity contribution in [3.8, 4) is 5.75 Å². The van der Waals surface area contributed by atoms with Crippen LogP contribution in [0.2, 0.25) is 0 Å². The lowest BCUT2D eigenvalue weighted by Gasteiger charge is -2.14. The molecule has 20 heavy (non-hydrogen) atoms. The molecule has 1 unspecified atom stereocenters. The zero-order valence-electron chi connectivity index (χ0n) is 10.8. The summed E-state index contributed by atoms with van der Waals surface area (Å²) in [6.07, 6.45) is 2.67. The minimum atomic E-state index is -0.753. The van der Waals surface area contributed by atoms with Gasteiger partial charge in [-0.3, -0.25) is 9.59 Å². The van der Waals surface area contributed by atoms with Gasteiger partial charge in [0.1, 0.15) is 18.1 Å². The summed E-state index contributed by atoms with van der Waals surface area (Å²) in [4.78, 5) is 23.6. The molecule has 1 atom stereocenters. The van der Waals surface area contributed by atoms with Crippen LogP contribution in [0.5, 0.6) is 5.75 Å². The van der Waals surface area contributed by atoms with Crippen molar-refractivity contribution in [3.63, 3.8) is 0 Å². The fraction of sp³-hybridized carbons (Fsp3) is 0.143. The first kappa shape index (κ1) is 13.7. The van der Waals surface area contributed by atoms with E-state index in [0.717, 1.165) is 0 Å². The number of carbonyl (C=O) groups is 2. The highest BCUT2D eigenvalue weighted by atomic mass is 16.3. The van der Waals surface area contributed by atoms with Crippen LogP contribution in [0.25, 0.3) is 0 Å². The Balaban J connectivity index is 1.96. The number of amides is 2. The van der Waals surface area contributed by atoms with E-state index in [0.29, 0.717) is 11.3 Å². The van der Waals surface area contributed by atoms with Crippen LogP contribution in [0.1, 0.15) is 17.3 Å². The van der Waals surface area contributed by atoms with E-state index in [-0.39, 0.29) is 5.75 Å². The number of aromatic hydroxyl groups is 1. The molecule has 0 bridgehead atoms. The van der Waals surface area contributed by atoms with Gasteiger partial charge >= 0.3 is 0 Å². The third-order valence-corrected chi connectivity index (χ3v) is 2.69. The Morgan fingerprint density at radius 2 is 2.00 bits per heavy atom. The number of carbonyl (C=O) groups excluding carboxylic acids is 2. The van der Waals surface area contributed by atoms with Gasteiger partial charge in [0.25, 0.3) is 5.91 Å². The number of hydrogen-bond donors (Lipinski definition) is 3. The normalized spacial score (nSPS) is 11.7. The molecule has 6 heteroatoms. The van der Waals surface area contributed by atoms with Gasteiger partial charge in [0.15, 0.2) is 0 Å². The molecule has 2 aromatic rings. The zero-order valence-corrected chi connectivity index (χ0v) is 10.8. The van der Waals surface area contributed by atoms with Crippen LogP contribution in [0.3, 0.4) is 0 Å². The van der Waals surface area contributed by atoms with Crippen LogP contribution in [0, 0.1) is 0 Å². The van der Waals surface area contributed by atoms with Gasteiger partial charge in [0.05, 0.1) is 17.5 Å². The lowest BCUT2D eigenvalue weighted by atomic mass is 10.2. The summed E-state index contributed by atoms with van der Waals surface area (Å²) in [5.41, 5.74) is 0.633. The third kappa shape index (κ3) is 3.17. The van der Waals surface area contributed by atoms with Gasteiger partial charge < -0.3 is 20.2 Å². The van der Waals surface area contributed by atoms with Crippen molar-refractivity contribution in [1.29, 1.82) is 0 Å². The minimum Gasteiger partial charge on any atom is -0.506 e. The molecule has 0 radical (unpaired) electrons. The molecule has 1 aromatic carbocycles. The van der Waals surface area contributed by atoms with E-state index in [9.17, 15) is 14.7 Å². The van der Waals surface area contributed by atoms with Gasteiger partial charge in [-0.05, 0) is 25.1 Å². The Kier molecular flexibility index (Phi) is 4.05. The highest BCUT2D eigenvalue weighted by Gasteiger charge is 2.18. The minimum absolute atomic E-state index is 0.0331. The summed E-state index contributed by atoms with van der Waals surface area (Å²) in [6.45, 7) is 1.55. The van der Waals surface area contributed by atoms with E-state index >= 15 is 0 Å². The number of furan rings is 1. The van der Waals surface area contributed by atoms with Crippen LogP contribution < -0.4 is 10.6 Å². The second-order valence-corrected chi connectivity index (χ2v) is 4.21. The van der Waals surface area contributed by atoms with Gasteiger partial charge in [-0.2, -0.15) is 0 Å². The molecule has 104 valence electrons. The molecule has 1 heterocycles. The first-order valence-corrected chi connectivity index (χ1v) is 6.00. The number of nitrogens with one attached hydrogen (secondary N) is 2. The fourth-order valence-electron chi connectivity index (χ4n) is 1.56. The Labute approximate surface area is 115 Å². The predicted molar refractivity (Wildman–Crippen MR) is 72.4 cm³/mol. The predicted octanol–water partition coefficient (Wildman–Crippen LogP) is 1.74. The Hall–Kier alpha value is -2.76. The third-order valence-electron chi connectivity index (χ3n) is 2.69. The standard InChI is InChI=1S/C14H14N2O4/c1-9(15-14(19)10-6-7-20-8-10)13(18)16-11-4-2-3-5-12(11)17/h2-9,17H,1H3,(H,15,19)(H,16,18). The van der Waals surface area contributed by atoms with Gasteiger partial charge in [0, 0.05) is 0 Å². The zero-order chi connectivity index (χ0) is 14.5. The summed E-state index contributed by atoms with van der Waals surface area (Å²) < 4.78 is 4.79. The summed E-state index contributed by atoms with van der Waals surface area (Å²) in [6, 6.07) is 7.11. The number of hydrogen-bond acceptors (Lipinski definition) is 4. The van der Waals surface area contributed by atoms with Crippen LogP contribution in [-0.4, -0.2) is 23.0 Å². The molecule has 3 N–H and O–H groups in total. The molecule has 0 saturated carbocycles. The maximum atomic E-state index is 11.9. The Bertz CT molecular complexity index is 607. The average molecular weight is 274 g/mol. The van der Waals surface area contributed by atoms with Crippen LogP contribution in [0.15, 0.2) is 47.3 Å². The molecular weight excluding hydrogens is 260 g/mol. The molecule has 0 fully saturated rings. The number of phenolic OH excluding ortho intramolecular Hbond substituents is 1. The van der Waals surface area contributed by atoms with Crippen molar-refractivity contribution < 1.29 is 19.1 Å². The number of para-hydroxylation sites is 2. The van der Waals surface area contributed by atoms with Gasteiger partial charge in [-0.1, -0.05) is 12.1 Å². The number of anilines is 1. The largest absolute Gasteiger partial charge is 0.506 e. The van der Waals surface area contributed by atoms with Crippen molar-refractivity contribution in [2.75, 3.05) is 5.32 Å². The maximum absolute atomic E-state index is 11.9. The van der Waals surface area contributed by atoms with Crippen molar-refractivity contribution in [3.05, 3.63) is 48.4 Å². The fourth-order valence-corrected chi connectivity index (χ4v) is 1.56. The summed E-state index contributed by atoms with van der Waals surface area (Å²) in [5, 5.41) is 14.6. The molecule has 0 saturated heterocycles. The highest BCUT2D eigenvalue weighted by molar-refractivity contribution is 6.01. The van der Waals surface area contributed by atoms with E-state index in [2.05, 4.69) is 10.6 Å². The summed E-state index contributed by atoms with van der Waals surface area (Å²) in [7, 11) is 0. The van der Waals surface area contributed by atoms with E-state index < -0.39 is 17.9 Å². The maximum Gasteiger partial charge on any atom is 0.255 e. The van der Waals surface area contributed by atoms with E-state index in [1.165, 1.54) is 24.7 Å². The molecule has 0 aliphatic carbocycles. The van der Waals surface area contributed by atoms with Crippen LogP contribution in [-0.2, 0) is 4.79 Å². The van der Waals surface area contributed by atoms with E-state index in [1.54, 1.807) is 25.1 Å². The van der Waals surface area contributed by atoms with E-state index in [1.807, 2.05) is 0 Å². The van der Waals surface area contributed by atoms with Crippen molar-refractivity contribution in [2.24, 2.45) is 0 Å². The lowest BCUT2D eigenvalue weighted by Crippen LogP contribution is -2.41. The van der Waals surface area contributed by atoms with E-state index in [4.69, 9.17) is 4.42 Å². The van der Waals surface area contributed by atoms with Crippen molar-refractivity contribution in [1.82, 2.24) is 5.32 Å². The lowest BCUT2D eigenvalue weighted by molar-refractivity contribution is -0.117. The smallest absolute Gasteiger partial charge is 0.255 e. The topological polar surface area (TPSA) is 91.6 Å². The summed E-state index contributed by atoms with van der Waals surface area (Å²) >= 11 is 0. The summed E-state index contributed by atoms with van der Waals surface area (Å²) in [5.74, 6) is -0.865. The second kappa shape index (κ2) is 5.92. The number of rotatable bonds is 4. The molecule has 6 nitrogen and oxygen atoms in total. The van der Waals surface area contributed by atoms with Crippen LogP contribution in [0.4, 0.5) is 5.69 Å². The van der Waals surface area contributed by atoms with Gasteiger partial charge in [-0.25, -0.2) is 0 Å². The first-order valence-electron chi connectivity index (χ1n) is 6.00. The monoisotopic (exact) mass is 274 g/mol. The van der Waals surface area contributed by atoms with Crippen molar-refractivity contribution in [2.45, 2.75) is 13.0 Å². The molecular formula is C14H14N2O4.